The van der Waals surface area contributed by atoms with Crippen LogP contribution in [0.15, 0.2) is 24.3 Å². The lowest BCUT2D eigenvalue weighted by molar-refractivity contribution is -0.162. The number of fused-ring (bicyclic) bond motifs is 1. The molecule has 0 aliphatic carbocycles. The Labute approximate surface area is 155 Å². The van der Waals surface area contributed by atoms with E-state index in [1.54, 1.807) is 24.3 Å². The number of unbranched alkanes of at least 4 members (excludes halogenated alkanes) is 5. The van der Waals surface area contributed by atoms with Gasteiger partial charge < -0.3 is 9.47 Å². The third-order valence-corrected chi connectivity index (χ3v) is 5.10. The number of imide groups is 1. The minimum Gasteiger partial charge on any atom is -0.353 e. The van der Waals surface area contributed by atoms with Gasteiger partial charge in [-0.3, -0.25) is 14.5 Å². The first-order valence-electron chi connectivity index (χ1n) is 9.96. The summed E-state index contributed by atoms with van der Waals surface area (Å²) >= 11 is 0. The third kappa shape index (κ3) is 4.92. The van der Waals surface area contributed by atoms with Crippen LogP contribution in [0.3, 0.4) is 0 Å². The molecule has 0 N–H and O–H groups in total. The topological polar surface area (TPSA) is 55.8 Å². The zero-order valence-corrected chi connectivity index (χ0v) is 15.5. The Morgan fingerprint density at radius 2 is 1.58 bits per heavy atom. The van der Waals surface area contributed by atoms with Crippen LogP contribution in [0, 0.1) is 0 Å². The molecule has 2 heterocycles. The quantitative estimate of drug-likeness (QED) is 0.465. The summed E-state index contributed by atoms with van der Waals surface area (Å²) in [6, 6.07) is 7.07. The summed E-state index contributed by atoms with van der Waals surface area (Å²) in [4.78, 5) is 25.9. The van der Waals surface area contributed by atoms with Crippen LogP contribution in [0.2, 0.25) is 0 Å². The fourth-order valence-electron chi connectivity index (χ4n) is 3.58. The van der Waals surface area contributed by atoms with Crippen molar-refractivity contribution in [1.82, 2.24) is 4.90 Å². The van der Waals surface area contributed by atoms with E-state index in [0.29, 0.717) is 17.7 Å². The first kappa shape index (κ1) is 19.1. The maximum Gasteiger partial charge on any atom is 0.261 e. The molecule has 2 amide bonds. The molecule has 0 saturated carbocycles. The van der Waals surface area contributed by atoms with Crippen molar-refractivity contribution in [2.75, 3.05) is 19.8 Å². The highest BCUT2D eigenvalue weighted by Crippen LogP contribution is 2.23. The van der Waals surface area contributed by atoms with Crippen LogP contribution >= 0.6 is 0 Å². The Morgan fingerprint density at radius 3 is 2.23 bits per heavy atom. The molecule has 5 heteroatoms. The van der Waals surface area contributed by atoms with E-state index in [9.17, 15) is 9.59 Å². The van der Waals surface area contributed by atoms with Crippen molar-refractivity contribution in [2.24, 2.45) is 0 Å². The summed E-state index contributed by atoms with van der Waals surface area (Å²) in [6.07, 6.45) is 9.83. The normalized spacial score (nSPS) is 19.8. The summed E-state index contributed by atoms with van der Waals surface area (Å²) in [7, 11) is 0. The maximum atomic E-state index is 12.3. The molecule has 2 aliphatic rings. The summed E-state index contributed by atoms with van der Waals surface area (Å²) in [5, 5.41) is 0. The first-order chi connectivity index (χ1) is 12.8. The molecule has 0 spiro atoms. The fraction of sp³-hybridized carbons (Fsp3) is 0.619. The van der Waals surface area contributed by atoms with Gasteiger partial charge in [-0.05, 0) is 44.2 Å². The second-order valence-corrected chi connectivity index (χ2v) is 7.10. The molecule has 26 heavy (non-hydrogen) atoms. The summed E-state index contributed by atoms with van der Waals surface area (Å²) in [5.74, 6) is -0.291. The molecule has 1 unspecified atom stereocenters. The SMILES string of the molecule is O=C1c2ccccc2C(=O)N1CCCCCCCCOC1CCCCO1. The van der Waals surface area contributed by atoms with Gasteiger partial charge in [-0.1, -0.05) is 37.8 Å². The predicted molar refractivity (Wildman–Crippen MR) is 99.1 cm³/mol. The smallest absolute Gasteiger partial charge is 0.261 e. The van der Waals surface area contributed by atoms with E-state index < -0.39 is 0 Å². The molecule has 1 saturated heterocycles. The van der Waals surface area contributed by atoms with Crippen LogP contribution in [0.5, 0.6) is 0 Å². The highest BCUT2D eigenvalue weighted by atomic mass is 16.7. The Kier molecular flexibility index (Phi) is 7.21. The standard InChI is InChI=1S/C21H29NO4/c23-20-17-11-5-6-12-18(17)21(24)22(20)14-8-3-1-2-4-9-15-25-19-13-7-10-16-26-19/h5-6,11-12,19H,1-4,7-10,13-16H2. The number of ether oxygens (including phenoxy) is 2. The number of nitrogens with zero attached hydrogens (tertiary/aromatic N) is 1. The number of hydrogen-bond donors (Lipinski definition) is 0. The third-order valence-electron chi connectivity index (χ3n) is 5.10. The minimum atomic E-state index is -0.146. The zero-order valence-electron chi connectivity index (χ0n) is 15.5. The van der Waals surface area contributed by atoms with E-state index in [0.717, 1.165) is 64.6 Å². The fourth-order valence-corrected chi connectivity index (χ4v) is 3.58. The van der Waals surface area contributed by atoms with Crippen molar-refractivity contribution >= 4 is 11.8 Å². The second-order valence-electron chi connectivity index (χ2n) is 7.10. The number of hydrogen-bond acceptors (Lipinski definition) is 4. The first-order valence-corrected chi connectivity index (χ1v) is 9.96. The van der Waals surface area contributed by atoms with Crippen LogP contribution in [-0.2, 0) is 9.47 Å². The molecule has 0 aromatic heterocycles. The lowest BCUT2D eigenvalue weighted by atomic mass is 10.1. The number of carbonyl (C=O) groups excluding carboxylic acids is 2. The maximum absolute atomic E-state index is 12.3. The van der Waals surface area contributed by atoms with Gasteiger partial charge in [-0.25, -0.2) is 0 Å². The highest BCUT2D eigenvalue weighted by Gasteiger charge is 2.34. The lowest BCUT2D eigenvalue weighted by Crippen LogP contribution is -2.30. The molecular formula is C21H29NO4. The highest BCUT2D eigenvalue weighted by molar-refractivity contribution is 6.21. The van der Waals surface area contributed by atoms with Crippen molar-refractivity contribution in [3.63, 3.8) is 0 Å². The lowest BCUT2D eigenvalue weighted by Gasteiger charge is -2.22. The van der Waals surface area contributed by atoms with Gasteiger partial charge in [0.25, 0.3) is 11.8 Å². The van der Waals surface area contributed by atoms with Crippen molar-refractivity contribution in [3.8, 4) is 0 Å². The Morgan fingerprint density at radius 1 is 0.923 bits per heavy atom. The molecule has 1 aromatic carbocycles. The van der Waals surface area contributed by atoms with Crippen molar-refractivity contribution < 1.29 is 19.1 Å². The minimum absolute atomic E-state index is 0.0170. The molecule has 1 aromatic rings. The van der Waals surface area contributed by atoms with E-state index in [1.807, 2.05) is 0 Å². The molecule has 3 rings (SSSR count). The van der Waals surface area contributed by atoms with Crippen LogP contribution in [0.4, 0.5) is 0 Å². The molecule has 0 radical (unpaired) electrons. The molecule has 5 nitrogen and oxygen atoms in total. The van der Waals surface area contributed by atoms with Gasteiger partial charge in [-0.15, -0.1) is 0 Å². The van der Waals surface area contributed by atoms with Crippen LogP contribution in [0.25, 0.3) is 0 Å². The van der Waals surface area contributed by atoms with Crippen molar-refractivity contribution in [2.45, 2.75) is 64.1 Å². The summed E-state index contributed by atoms with van der Waals surface area (Å²) < 4.78 is 11.3. The number of rotatable bonds is 10. The predicted octanol–water partition coefficient (Wildman–Crippen LogP) is 4.17. The number of benzene rings is 1. The second kappa shape index (κ2) is 9.83. The van der Waals surface area contributed by atoms with Crippen LogP contribution in [0.1, 0.15) is 78.5 Å². The average Bonchev–Trinajstić information content (AvgIpc) is 2.92. The van der Waals surface area contributed by atoms with E-state index >= 15 is 0 Å². The van der Waals surface area contributed by atoms with Gasteiger partial charge in [0.15, 0.2) is 6.29 Å². The zero-order chi connectivity index (χ0) is 18.2. The van der Waals surface area contributed by atoms with Crippen molar-refractivity contribution in [3.05, 3.63) is 35.4 Å². The van der Waals surface area contributed by atoms with Gasteiger partial charge in [0.1, 0.15) is 0 Å². The van der Waals surface area contributed by atoms with Gasteiger partial charge in [0.2, 0.25) is 0 Å². The molecule has 0 bridgehead atoms. The van der Waals surface area contributed by atoms with Crippen molar-refractivity contribution in [1.29, 1.82) is 0 Å². The Bertz CT molecular complexity index is 575. The Hall–Kier alpha value is -1.72. The largest absolute Gasteiger partial charge is 0.353 e. The monoisotopic (exact) mass is 359 g/mol. The molecule has 1 fully saturated rings. The number of amides is 2. The van der Waals surface area contributed by atoms with Gasteiger partial charge in [0.05, 0.1) is 11.1 Å². The van der Waals surface area contributed by atoms with E-state index in [1.165, 1.54) is 11.3 Å². The molecule has 1 atom stereocenters. The Balaban J connectivity index is 1.22. The number of carbonyl (C=O) groups is 2. The van der Waals surface area contributed by atoms with Gasteiger partial charge in [-0.2, -0.15) is 0 Å². The molecular weight excluding hydrogens is 330 g/mol. The van der Waals surface area contributed by atoms with E-state index in [-0.39, 0.29) is 18.1 Å². The molecule has 2 aliphatic heterocycles. The summed E-state index contributed by atoms with van der Waals surface area (Å²) in [6.45, 7) is 2.13. The van der Waals surface area contributed by atoms with Crippen LogP contribution < -0.4 is 0 Å². The van der Waals surface area contributed by atoms with Gasteiger partial charge >= 0.3 is 0 Å². The average molecular weight is 359 g/mol. The van der Waals surface area contributed by atoms with Crippen LogP contribution in [-0.4, -0.2) is 42.8 Å². The van der Waals surface area contributed by atoms with E-state index in [2.05, 4.69) is 0 Å². The summed E-state index contributed by atoms with van der Waals surface area (Å²) in [5.41, 5.74) is 1.08. The van der Waals surface area contributed by atoms with E-state index in [4.69, 9.17) is 9.47 Å². The molecule has 142 valence electrons. The van der Waals surface area contributed by atoms with Gasteiger partial charge in [0, 0.05) is 19.8 Å².